The van der Waals surface area contributed by atoms with Crippen molar-refractivity contribution in [3.05, 3.63) is 71.8 Å². The van der Waals surface area contributed by atoms with Crippen molar-refractivity contribution in [1.82, 2.24) is 14.6 Å². The summed E-state index contributed by atoms with van der Waals surface area (Å²) in [5, 5.41) is 13.9. The summed E-state index contributed by atoms with van der Waals surface area (Å²) < 4.78 is 13.0. The van der Waals surface area contributed by atoms with Crippen molar-refractivity contribution in [1.29, 1.82) is 0 Å². The Bertz CT molecular complexity index is 1390. The van der Waals surface area contributed by atoms with Gasteiger partial charge in [-0.1, -0.05) is 42.0 Å². The van der Waals surface area contributed by atoms with E-state index in [9.17, 15) is 0 Å². The average Bonchev–Trinajstić information content (AvgIpc) is 3.38. The van der Waals surface area contributed by atoms with Gasteiger partial charge < -0.3 is 19.3 Å². The topological polar surface area (TPSA) is 79.8 Å². The number of azo groups is 1. The second kappa shape index (κ2) is 10.7. The highest BCUT2D eigenvalue weighted by molar-refractivity contribution is 5.69. The molecule has 2 aromatic heterocycles. The van der Waals surface area contributed by atoms with Gasteiger partial charge in [-0.3, -0.25) is 0 Å². The Morgan fingerprint density at radius 3 is 2.30 bits per heavy atom. The van der Waals surface area contributed by atoms with Crippen LogP contribution in [-0.2, 0) is 16.0 Å². The van der Waals surface area contributed by atoms with Crippen molar-refractivity contribution in [3.8, 4) is 11.3 Å². The van der Waals surface area contributed by atoms with Crippen LogP contribution in [0.1, 0.15) is 11.1 Å². The van der Waals surface area contributed by atoms with E-state index >= 15 is 0 Å². The predicted molar refractivity (Wildman–Crippen MR) is 144 cm³/mol. The molecule has 2 aromatic carbocycles. The summed E-state index contributed by atoms with van der Waals surface area (Å²) in [7, 11) is 0. The third kappa shape index (κ3) is 5.33. The van der Waals surface area contributed by atoms with E-state index in [-0.39, 0.29) is 0 Å². The molecular formula is C28H31N7O2. The van der Waals surface area contributed by atoms with Gasteiger partial charge in [-0.25, -0.2) is 4.98 Å². The van der Waals surface area contributed by atoms with Gasteiger partial charge in [-0.15, -0.1) is 5.11 Å². The molecule has 2 fully saturated rings. The highest BCUT2D eigenvalue weighted by Crippen LogP contribution is 2.28. The Kier molecular flexibility index (Phi) is 6.79. The summed E-state index contributed by atoms with van der Waals surface area (Å²) in [6, 6.07) is 20.9. The van der Waals surface area contributed by atoms with Gasteiger partial charge in [0.25, 0.3) is 0 Å². The zero-order chi connectivity index (χ0) is 25.0. The Labute approximate surface area is 216 Å². The van der Waals surface area contributed by atoms with Crippen molar-refractivity contribution in [3.63, 3.8) is 0 Å². The van der Waals surface area contributed by atoms with Crippen LogP contribution in [-0.4, -0.2) is 67.2 Å². The molecule has 0 aliphatic carbocycles. The van der Waals surface area contributed by atoms with Gasteiger partial charge in [-0.2, -0.15) is 14.7 Å². The lowest BCUT2D eigenvalue weighted by atomic mass is 10.1. The van der Waals surface area contributed by atoms with Gasteiger partial charge in [0.1, 0.15) is 5.82 Å². The van der Waals surface area contributed by atoms with Crippen molar-refractivity contribution < 1.29 is 9.47 Å². The van der Waals surface area contributed by atoms with E-state index in [1.54, 1.807) is 0 Å². The van der Waals surface area contributed by atoms with Gasteiger partial charge in [0.05, 0.1) is 38.7 Å². The summed E-state index contributed by atoms with van der Waals surface area (Å²) in [5.74, 6) is 1.53. The third-order valence-corrected chi connectivity index (χ3v) is 6.78. The molecule has 2 saturated heterocycles. The molecule has 6 rings (SSSR count). The Morgan fingerprint density at radius 2 is 1.57 bits per heavy atom. The van der Waals surface area contributed by atoms with Crippen LogP contribution in [0.25, 0.3) is 16.9 Å². The number of fused-ring (bicyclic) bond motifs is 1. The monoisotopic (exact) mass is 497 g/mol. The molecule has 0 saturated carbocycles. The Hall–Kier alpha value is -3.82. The summed E-state index contributed by atoms with van der Waals surface area (Å²) in [4.78, 5) is 9.40. The minimum Gasteiger partial charge on any atom is -0.378 e. The van der Waals surface area contributed by atoms with E-state index in [1.165, 1.54) is 11.3 Å². The van der Waals surface area contributed by atoms with Crippen molar-refractivity contribution in [2.45, 2.75) is 13.5 Å². The number of rotatable bonds is 6. The van der Waals surface area contributed by atoms with Gasteiger partial charge in [-0.05, 0) is 24.6 Å². The molecule has 0 bridgehead atoms. The summed E-state index contributed by atoms with van der Waals surface area (Å²) in [6.45, 7) is 8.94. The molecule has 0 amide bonds. The lowest BCUT2D eigenvalue weighted by Crippen LogP contribution is -2.37. The van der Waals surface area contributed by atoms with Gasteiger partial charge in [0.15, 0.2) is 11.5 Å². The zero-order valence-electron chi connectivity index (χ0n) is 21.1. The van der Waals surface area contributed by atoms with E-state index in [4.69, 9.17) is 19.6 Å². The average molecular weight is 498 g/mol. The van der Waals surface area contributed by atoms with E-state index in [1.807, 2.05) is 22.7 Å². The van der Waals surface area contributed by atoms with Crippen LogP contribution in [0, 0.1) is 6.92 Å². The molecule has 37 heavy (non-hydrogen) atoms. The Balaban J connectivity index is 1.31. The van der Waals surface area contributed by atoms with Crippen LogP contribution in [0.2, 0.25) is 0 Å². The molecule has 4 aromatic rings. The maximum Gasteiger partial charge on any atom is 0.179 e. The minimum atomic E-state index is 0.515. The van der Waals surface area contributed by atoms with Crippen LogP contribution >= 0.6 is 0 Å². The number of hydrogen-bond donors (Lipinski definition) is 0. The molecule has 9 nitrogen and oxygen atoms in total. The molecular weight excluding hydrogens is 466 g/mol. The number of hydrogen-bond acceptors (Lipinski definition) is 8. The van der Waals surface area contributed by atoms with Gasteiger partial charge in [0, 0.05) is 49.6 Å². The summed E-state index contributed by atoms with van der Waals surface area (Å²) >= 11 is 0. The fourth-order valence-electron chi connectivity index (χ4n) is 4.82. The maximum atomic E-state index is 5.58. The molecule has 2 aliphatic heterocycles. The highest BCUT2D eigenvalue weighted by atomic mass is 16.5. The van der Waals surface area contributed by atoms with Crippen molar-refractivity contribution in [2.75, 3.05) is 62.4 Å². The first-order chi connectivity index (χ1) is 18.2. The lowest BCUT2D eigenvalue weighted by Gasteiger charge is -2.29. The second-order valence-electron chi connectivity index (χ2n) is 9.41. The van der Waals surface area contributed by atoms with Gasteiger partial charge >= 0.3 is 0 Å². The highest BCUT2D eigenvalue weighted by Gasteiger charge is 2.19. The van der Waals surface area contributed by atoms with Crippen molar-refractivity contribution >= 4 is 23.0 Å². The first-order valence-corrected chi connectivity index (χ1v) is 12.8. The quantitative estimate of drug-likeness (QED) is 0.361. The fraction of sp³-hybridized carbons (Fsp3) is 0.357. The molecule has 0 radical (unpaired) electrons. The number of aryl methyl sites for hydroxylation is 1. The standard InChI is InChI=1S/C28H31N7O2/c1-21-3-2-4-22(17-21)20-29-31-26-19-28(34-11-15-37-16-12-34)35-27(30-26)18-25(32-35)23-5-7-24(8-6-23)33-9-13-36-14-10-33/h2-8,17-19H,9-16,20H2,1H3. The predicted octanol–water partition coefficient (Wildman–Crippen LogP) is 4.66. The van der Waals surface area contributed by atoms with Crippen LogP contribution in [0.3, 0.4) is 0 Å². The van der Waals surface area contributed by atoms with Crippen LogP contribution in [0.4, 0.5) is 17.3 Å². The molecule has 0 spiro atoms. The van der Waals surface area contributed by atoms with Crippen molar-refractivity contribution in [2.24, 2.45) is 10.2 Å². The zero-order valence-corrected chi connectivity index (χ0v) is 21.1. The van der Waals surface area contributed by atoms with E-state index < -0.39 is 0 Å². The molecule has 2 aliphatic rings. The van der Waals surface area contributed by atoms with Crippen LogP contribution in [0.5, 0.6) is 0 Å². The van der Waals surface area contributed by atoms with E-state index in [0.29, 0.717) is 25.6 Å². The molecule has 0 atom stereocenters. The smallest absolute Gasteiger partial charge is 0.179 e. The largest absolute Gasteiger partial charge is 0.378 e. The number of benzene rings is 2. The number of anilines is 2. The molecule has 0 N–H and O–H groups in total. The minimum absolute atomic E-state index is 0.515. The molecule has 4 heterocycles. The third-order valence-electron chi connectivity index (χ3n) is 6.78. The first-order valence-electron chi connectivity index (χ1n) is 12.8. The SMILES string of the molecule is Cc1cccc(CN=Nc2cc(N3CCOCC3)n3nc(-c4ccc(N5CCOCC5)cc4)cc3n2)c1. The summed E-state index contributed by atoms with van der Waals surface area (Å²) in [6.07, 6.45) is 0. The van der Waals surface area contributed by atoms with E-state index in [0.717, 1.165) is 67.7 Å². The lowest BCUT2D eigenvalue weighted by molar-refractivity contribution is 0.122. The van der Waals surface area contributed by atoms with Gasteiger partial charge in [0.2, 0.25) is 0 Å². The Morgan fingerprint density at radius 1 is 0.838 bits per heavy atom. The number of nitrogens with zero attached hydrogens (tertiary/aromatic N) is 7. The fourth-order valence-corrected chi connectivity index (χ4v) is 4.82. The maximum absolute atomic E-state index is 5.58. The summed E-state index contributed by atoms with van der Waals surface area (Å²) in [5.41, 5.74) is 6.24. The number of aromatic nitrogens is 3. The second-order valence-corrected chi connectivity index (χ2v) is 9.41. The van der Waals surface area contributed by atoms with Crippen LogP contribution in [0.15, 0.2) is 70.9 Å². The van der Waals surface area contributed by atoms with E-state index in [2.05, 4.69) is 69.4 Å². The molecule has 0 unspecified atom stereocenters. The molecule has 9 heteroatoms. The number of morpholine rings is 2. The first kappa shape index (κ1) is 23.6. The number of ether oxygens (including phenoxy) is 2. The normalized spacial score (nSPS) is 16.7. The molecule has 190 valence electrons. The van der Waals surface area contributed by atoms with Crippen LogP contribution < -0.4 is 9.80 Å².